The second-order valence-electron chi connectivity index (χ2n) is 6.56. The standard InChI is InChI=1S/C20H23ClN4O3S2/c1-4-28-9-5-8-25-19(27)17-12(2)13(3)30-18(17)24-20(25)29-11-16(26)23-15-7-6-14(21)10-22-15/h6-7,10H,4-5,8-9,11H2,1-3H3,(H,22,23,26). The van der Waals surface area contributed by atoms with Crippen LogP contribution >= 0.6 is 34.7 Å². The molecule has 0 aromatic carbocycles. The first-order valence-electron chi connectivity index (χ1n) is 9.53. The zero-order valence-corrected chi connectivity index (χ0v) is 19.4. The van der Waals surface area contributed by atoms with Gasteiger partial charge in [0.2, 0.25) is 5.91 Å². The van der Waals surface area contributed by atoms with Crippen LogP contribution in [-0.4, -0.2) is 39.4 Å². The highest BCUT2D eigenvalue weighted by Crippen LogP contribution is 2.28. The number of nitrogens with zero attached hydrogens (tertiary/aromatic N) is 3. The van der Waals surface area contributed by atoms with Crippen LogP contribution in [0.3, 0.4) is 0 Å². The quantitative estimate of drug-likeness (QED) is 0.288. The van der Waals surface area contributed by atoms with Crippen LogP contribution in [0.5, 0.6) is 0 Å². The van der Waals surface area contributed by atoms with Gasteiger partial charge in [-0.05, 0) is 44.9 Å². The number of ether oxygens (including phenoxy) is 1. The maximum Gasteiger partial charge on any atom is 0.263 e. The number of anilines is 1. The molecule has 3 heterocycles. The summed E-state index contributed by atoms with van der Waals surface area (Å²) in [6, 6.07) is 3.29. The lowest BCUT2D eigenvalue weighted by Crippen LogP contribution is -2.25. The van der Waals surface area contributed by atoms with Crippen LogP contribution in [0.4, 0.5) is 5.82 Å². The Morgan fingerprint density at radius 2 is 2.17 bits per heavy atom. The van der Waals surface area contributed by atoms with Crippen LogP contribution in [0.25, 0.3) is 10.2 Å². The van der Waals surface area contributed by atoms with Crippen molar-refractivity contribution in [2.24, 2.45) is 0 Å². The SMILES string of the molecule is CCOCCCn1c(SCC(=O)Nc2ccc(Cl)cn2)nc2sc(C)c(C)c2c1=O. The van der Waals surface area contributed by atoms with Crippen molar-refractivity contribution >= 4 is 56.6 Å². The predicted molar refractivity (Wildman–Crippen MR) is 123 cm³/mol. The van der Waals surface area contributed by atoms with Gasteiger partial charge in [-0.3, -0.25) is 14.2 Å². The molecule has 0 aliphatic rings. The van der Waals surface area contributed by atoms with Crippen LogP contribution in [0, 0.1) is 13.8 Å². The Morgan fingerprint density at radius 3 is 2.87 bits per heavy atom. The maximum absolute atomic E-state index is 13.2. The number of hydrogen-bond acceptors (Lipinski definition) is 7. The molecule has 3 aromatic rings. The molecule has 0 aliphatic carbocycles. The number of amides is 1. The van der Waals surface area contributed by atoms with Crippen LogP contribution in [0.15, 0.2) is 28.3 Å². The molecular formula is C20H23ClN4O3S2. The average molecular weight is 467 g/mol. The summed E-state index contributed by atoms with van der Waals surface area (Å²) in [5.74, 6) is 0.299. The number of pyridine rings is 1. The number of aryl methyl sites for hydroxylation is 2. The van der Waals surface area contributed by atoms with Gasteiger partial charge in [0, 0.05) is 30.8 Å². The van der Waals surface area contributed by atoms with E-state index in [1.165, 1.54) is 29.3 Å². The van der Waals surface area contributed by atoms with Crippen molar-refractivity contribution in [3.05, 3.63) is 44.1 Å². The van der Waals surface area contributed by atoms with Crippen LogP contribution in [0.2, 0.25) is 5.02 Å². The summed E-state index contributed by atoms with van der Waals surface area (Å²) < 4.78 is 7.05. The summed E-state index contributed by atoms with van der Waals surface area (Å²) in [6.45, 7) is 7.55. The molecule has 0 fully saturated rings. The lowest BCUT2D eigenvalue weighted by Gasteiger charge is -2.12. The monoisotopic (exact) mass is 466 g/mol. The summed E-state index contributed by atoms with van der Waals surface area (Å²) in [4.78, 5) is 36.1. The molecule has 3 rings (SSSR count). The van der Waals surface area contributed by atoms with E-state index in [9.17, 15) is 9.59 Å². The lowest BCUT2D eigenvalue weighted by atomic mass is 10.2. The van der Waals surface area contributed by atoms with E-state index >= 15 is 0 Å². The molecule has 0 bridgehead atoms. The van der Waals surface area contributed by atoms with Gasteiger partial charge in [0.05, 0.1) is 16.2 Å². The molecule has 0 unspecified atom stereocenters. The number of hydrogen-bond donors (Lipinski definition) is 1. The highest BCUT2D eigenvalue weighted by molar-refractivity contribution is 7.99. The van der Waals surface area contributed by atoms with Crippen molar-refractivity contribution in [2.45, 2.75) is 38.9 Å². The van der Waals surface area contributed by atoms with E-state index < -0.39 is 0 Å². The molecule has 0 saturated heterocycles. The predicted octanol–water partition coefficient (Wildman–Crippen LogP) is 4.28. The van der Waals surface area contributed by atoms with Gasteiger partial charge in [-0.25, -0.2) is 9.97 Å². The number of carbonyl (C=O) groups is 1. The van der Waals surface area contributed by atoms with Crippen molar-refractivity contribution in [1.82, 2.24) is 14.5 Å². The Morgan fingerprint density at radius 1 is 1.37 bits per heavy atom. The smallest absolute Gasteiger partial charge is 0.263 e. The van der Waals surface area contributed by atoms with Gasteiger partial charge >= 0.3 is 0 Å². The van der Waals surface area contributed by atoms with Crippen LogP contribution < -0.4 is 10.9 Å². The number of carbonyl (C=O) groups excluding carboxylic acids is 1. The van der Waals surface area contributed by atoms with E-state index in [0.717, 1.165) is 10.4 Å². The third kappa shape index (κ3) is 5.40. The zero-order chi connectivity index (χ0) is 21.7. The van der Waals surface area contributed by atoms with E-state index in [1.807, 2.05) is 20.8 Å². The normalized spacial score (nSPS) is 11.2. The fourth-order valence-electron chi connectivity index (χ4n) is 2.84. The molecule has 1 amide bonds. The summed E-state index contributed by atoms with van der Waals surface area (Å²) in [5.41, 5.74) is 0.898. The largest absolute Gasteiger partial charge is 0.382 e. The number of aromatic nitrogens is 3. The minimum atomic E-state index is -0.233. The highest BCUT2D eigenvalue weighted by Gasteiger charge is 2.17. The Hall–Kier alpha value is -1.94. The van der Waals surface area contributed by atoms with Gasteiger partial charge in [-0.2, -0.15) is 0 Å². The highest BCUT2D eigenvalue weighted by atomic mass is 35.5. The van der Waals surface area contributed by atoms with Gasteiger partial charge in [0.1, 0.15) is 10.6 Å². The lowest BCUT2D eigenvalue weighted by molar-refractivity contribution is -0.113. The zero-order valence-electron chi connectivity index (χ0n) is 17.0. The summed E-state index contributed by atoms with van der Waals surface area (Å²) in [7, 11) is 0. The van der Waals surface area contributed by atoms with E-state index in [0.29, 0.717) is 52.4 Å². The third-order valence-corrected chi connectivity index (χ3v) is 6.76. The number of rotatable bonds is 9. The molecule has 0 saturated carbocycles. The molecule has 0 atom stereocenters. The van der Waals surface area contributed by atoms with E-state index in [4.69, 9.17) is 21.3 Å². The minimum Gasteiger partial charge on any atom is -0.382 e. The maximum atomic E-state index is 13.2. The first-order valence-corrected chi connectivity index (χ1v) is 11.7. The molecular weight excluding hydrogens is 444 g/mol. The molecule has 10 heteroatoms. The Bertz CT molecular complexity index is 1100. The third-order valence-electron chi connectivity index (χ3n) is 4.46. The Balaban J connectivity index is 1.80. The number of nitrogens with one attached hydrogen (secondary N) is 1. The summed E-state index contributed by atoms with van der Waals surface area (Å²) in [5, 5.41) is 4.41. The van der Waals surface area contributed by atoms with E-state index in [2.05, 4.69) is 10.3 Å². The molecule has 3 aromatic heterocycles. The molecule has 0 spiro atoms. The molecule has 1 N–H and O–H groups in total. The van der Waals surface area contributed by atoms with Gasteiger partial charge in [-0.1, -0.05) is 23.4 Å². The summed E-state index contributed by atoms with van der Waals surface area (Å²) >= 11 is 8.55. The first kappa shape index (κ1) is 22.7. The molecule has 0 radical (unpaired) electrons. The van der Waals surface area contributed by atoms with E-state index in [1.54, 1.807) is 16.7 Å². The topological polar surface area (TPSA) is 86.1 Å². The molecule has 30 heavy (non-hydrogen) atoms. The van der Waals surface area contributed by atoms with Crippen molar-refractivity contribution in [3.8, 4) is 0 Å². The second-order valence-corrected chi connectivity index (χ2v) is 9.15. The summed E-state index contributed by atoms with van der Waals surface area (Å²) in [6.07, 6.45) is 2.16. The van der Waals surface area contributed by atoms with Crippen LogP contribution in [-0.2, 0) is 16.1 Å². The second kappa shape index (κ2) is 10.4. The molecule has 0 aliphatic heterocycles. The van der Waals surface area contributed by atoms with Crippen molar-refractivity contribution in [1.29, 1.82) is 0 Å². The fraction of sp³-hybridized carbons (Fsp3) is 0.400. The van der Waals surface area contributed by atoms with Gasteiger partial charge in [0.25, 0.3) is 5.56 Å². The van der Waals surface area contributed by atoms with Gasteiger partial charge in [-0.15, -0.1) is 11.3 Å². The number of thioether (sulfide) groups is 1. The average Bonchev–Trinajstić information content (AvgIpc) is 3.00. The fourth-order valence-corrected chi connectivity index (χ4v) is 4.85. The van der Waals surface area contributed by atoms with Gasteiger partial charge in [0.15, 0.2) is 5.16 Å². The van der Waals surface area contributed by atoms with Gasteiger partial charge < -0.3 is 10.1 Å². The van der Waals surface area contributed by atoms with Crippen molar-refractivity contribution in [2.75, 3.05) is 24.3 Å². The molecule has 160 valence electrons. The molecule has 7 nitrogen and oxygen atoms in total. The number of halogens is 1. The first-order chi connectivity index (χ1) is 14.4. The van der Waals surface area contributed by atoms with Crippen molar-refractivity contribution in [3.63, 3.8) is 0 Å². The Kier molecular flexibility index (Phi) is 7.87. The number of thiophene rings is 1. The Labute approximate surface area is 187 Å². The van der Waals surface area contributed by atoms with E-state index in [-0.39, 0.29) is 17.2 Å². The van der Waals surface area contributed by atoms with Crippen molar-refractivity contribution < 1.29 is 9.53 Å². The minimum absolute atomic E-state index is 0.0689. The van der Waals surface area contributed by atoms with Crippen LogP contribution in [0.1, 0.15) is 23.8 Å². The number of fused-ring (bicyclic) bond motifs is 1.